The Morgan fingerprint density at radius 2 is 1.84 bits per heavy atom. The third-order valence-electron chi connectivity index (χ3n) is 2.45. The average molecular weight is 288 g/mol. The maximum Gasteiger partial charge on any atom is 0.337 e. The number of benzene rings is 1. The van der Waals surface area contributed by atoms with E-state index in [0.717, 1.165) is 5.56 Å². The van der Waals surface area contributed by atoms with Gasteiger partial charge in [0.2, 0.25) is 0 Å². The van der Waals surface area contributed by atoms with Gasteiger partial charge in [-0.2, -0.15) is 0 Å². The zero-order valence-electron chi connectivity index (χ0n) is 10.9. The Bertz CT molecular complexity index is 419. The molecule has 6 heteroatoms. The molecule has 1 aromatic carbocycles. The van der Waals surface area contributed by atoms with Crippen LogP contribution in [-0.4, -0.2) is 25.7 Å². The molecule has 0 heterocycles. The molecule has 2 N–H and O–H groups in total. The second kappa shape index (κ2) is 8.50. The first-order valence-corrected chi connectivity index (χ1v) is 5.68. The van der Waals surface area contributed by atoms with Gasteiger partial charge < -0.3 is 15.2 Å². The van der Waals surface area contributed by atoms with Crippen LogP contribution in [0.3, 0.4) is 0 Å². The number of nitrogens with two attached hydrogens (primary N) is 1. The fourth-order valence-corrected chi connectivity index (χ4v) is 1.50. The van der Waals surface area contributed by atoms with Crippen LogP contribution >= 0.6 is 12.4 Å². The Morgan fingerprint density at radius 3 is 2.32 bits per heavy atom. The highest BCUT2D eigenvalue weighted by Crippen LogP contribution is 2.15. The molecular weight excluding hydrogens is 270 g/mol. The Morgan fingerprint density at radius 1 is 1.26 bits per heavy atom. The lowest BCUT2D eigenvalue weighted by Gasteiger charge is -2.11. The van der Waals surface area contributed by atoms with Crippen molar-refractivity contribution in [2.45, 2.75) is 19.4 Å². The zero-order valence-corrected chi connectivity index (χ0v) is 11.7. The van der Waals surface area contributed by atoms with Crippen molar-refractivity contribution in [2.75, 3.05) is 13.7 Å². The van der Waals surface area contributed by atoms with E-state index in [-0.39, 0.29) is 24.8 Å². The van der Waals surface area contributed by atoms with E-state index in [1.807, 2.05) is 0 Å². The van der Waals surface area contributed by atoms with Crippen molar-refractivity contribution in [3.8, 4) is 0 Å². The summed E-state index contributed by atoms with van der Waals surface area (Å²) in [6.07, 6.45) is 0.116. The van der Waals surface area contributed by atoms with Gasteiger partial charge in [0.05, 0.1) is 25.7 Å². The van der Waals surface area contributed by atoms with Gasteiger partial charge in [0.25, 0.3) is 0 Å². The molecule has 0 saturated carbocycles. The van der Waals surface area contributed by atoms with Crippen LogP contribution < -0.4 is 5.73 Å². The van der Waals surface area contributed by atoms with Gasteiger partial charge in [0.15, 0.2) is 0 Å². The monoisotopic (exact) mass is 287 g/mol. The van der Waals surface area contributed by atoms with Crippen LogP contribution in [-0.2, 0) is 14.3 Å². The summed E-state index contributed by atoms with van der Waals surface area (Å²) in [7, 11) is 1.32. The Balaban J connectivity index is 0.00000324. The maximum atomic E-state index is 11.3. The van der Waals surface area contributed by atoms with E-state index in [9.17, 15) is 9.59 Å². The summed E-state index contributed by atoms with van der Waals surface area (Å²) >= 11 is 0. The summed E-state index contributed by atoms with van der Waals surface area (Å²) < 4.78 is 9.41. The van der Waals surface area contributed by atoms with Gasteiger partial charge in [-0.25, -0.2) is 4.79 Å². The number of esters is 2. The highest BCUT2D eigenvalue weighted by Gasteiger charge is 2.13. The quantitative estimate of drug-likeness (QED) is 0.836. The standard InChI is InChI=1S/C13H17NO4.ClH/c1-3-18-12(15)8-11(14)9-4-6-10(7-5-9)13(16)17-2;/h4-7,11H,3,8,14H2,1-2H3;1H/t11-;/m0./s1. The minimum atomic E-state index is -0.434. The van der Waals surface area contributed by atoms with Crippen LogP contribution in [0.1, 0.15) is 35.3 Å². The predicted octanol–water partition coefficient (Wildman–Crippen LogP) is 1.85. The number of methoxy groups -OCH3 is 1. The van der Waals surface area contributed by atoms with E-state index in [2.05, 4.69) is 4.74 Å². The van der Waals surface area contributed by atoms with E-state index >= 15 is 0 Å². The van der Waals surface area contributed by atoms with Gasteiger partial charge in [-0.1, -0.05) is 12.1 Å². The second-order valence-corrected chi connectivity index (χ2v) is 3.73. The SMILES string of the molecule is CCOC(=O)C[C@H](N)c1ccc(C(=O)OC)cc1.Cl. The highest BCUT2D eigenvalue weighted by atomic mass is 35.5. The second-order valence-electron chi connectivity index (χ2n) is 3.73. The third kappa shape index (κ3) is 5.28. The first-order valence-electron chi connectivity index (χ1n) is 5.68. The summed E-state index contributed by atoms with van der Waals surface area (Å²) in [5, 5.41) is 0. The predicted molar refractivity (Wildman–Crippen MR) is 73.2 cm³/mol. The molecule has 1 atom stereocenters. The molecule has 0 spiro atoms. The van der Waals surface area contributed by atoms with Crippen LogP contribution in [0.4, 0.5) is 0 Å². The molecular formula is C13H18ClNO4. The Kier molecular flexibility index (Phi) is 7.79. The molecule has 0 aliphatic heterocycles. The fourth-order valence-electron chi connectivity index (χ4n) is 1.50. The Labute approximate surface area is 118 Å². The number of rotatable bonds is 5. The molecule has 0 bridgehead atoms. The number of ether oxygens (including phenoxy) is 2. The van der Waals surface area contributed by atoms with Crippen molar-refractivity contribution in [1.29, 1.82) is 0 Å². The van der Waals surface area contributed by atoms with Crippen molar-refractivity contribution in [1.82, 2.24) is 0 Å². The molecule has 1 rings (SSSR count). The van der Waals surface area contributed by atoms with E-state index in [1.165, 1.54) is 7.11 Å². The first-order chi connectivity index (χ1) is 8.58. The number of hydrogen-bond acceptors (Lipinski definition) is 5. The third-order valence-corrected chi connectivity index (χ3v) is 2.45. The van der Waals surface area contributed by atoms with Crippen molar-refractivity contribution in [3.05, 3.63) is 35.4 Å². The van der Waals surface area contributed by atoms with Crippen LogP contribution in [0.5, 0.6) is 0 Å². The normalized spacial score (nSPS) is 11.1. The van der Waals surface area contributed by atoms with Gasteiger partial charge in [0, 0.05) is 6.04 Å². The van der Waals surface area contributed by atoms with Crippen LogP contribution in [0.25, 0.3) is 0 Å². The smallest absolute Gasteiger partial charge is 0.337 e. The lowest BCUT2D eigenvalue weighted by Crippen LogP contribution is -2.17. The molecule has 5 nitrogen and oxygen atoms in total. The largest absolute Gasteiger partial charge is 0.466 e. The summed E-state index contributed by atoms with van der Waals surface area (Å²) in [5.41, 5.74) is 7.09. The average Bonchev–Trinajstić information content (AvgIpc) is 2.38. The van der Waals surface area contributed by atoms with Gasteiger partial charge in [-0.15, -0.1) is 12.4 Å². The van der Waals surface area contributed by atoms with Crippen molar-refractivity contribution in [3.63, 3.8) is 0 Å². The Hall–Kier alpha value is -1.59. The van der Waals surface area contributed by atoms with Crippen molar-refractivity contribution >= 4 is 24.3 Å². The molecule has 19 heavy (non-hydrogen) atoms. The first kappa shape index (κ1) is 17.4. The van der Waals surface area contributed by atoms with Gasteiger partial charge >= 0.3 is 11.9 Å². The molecule has 0 unspecified atom stereocenters. The number of hydrogen-bond donors (Lipinski definition) is 1. The lowest BCUT2D eigenvalue weighted by molar-refractivity contribution is -0.143. The summed E-state index contributed by atoms with van der Waals surface area (Å²) in [6.45, 7) is 2.08. The summed E-state index contributed by atoms with van der Waals surface area (Å²) in [4.78, 5) is 22.5. The number of carbonyl (C=O) groups excluding carboxylic acids is 2. The minimum absolute atomic E-state index is 0. The molecule has 0 saturated heterocycles. The molecule has 0 amide bonds. The van der Waals surface area contributed by atoms with Crippen LogP contribution in [0.2, 0.25) is 0 Å². The van der Waals surface area contributed by atoms with E-state index in [0.29, 0.717) is 12.2 Å². The molecule has 1 aromatic rings. The molecule has 0 fully saturated rings. The van der Waals surface area contributed by atoms with Crippen LogP contribution in [0.15, 0.2) is 24.3 Å². The van der Waals surface area contributed by atoms with E-state index in [1.54, 1.807) is 31.2 Å². The summed E-state index contributed by atoms with van der Waals surface area (Å²) in [5.74, 6) is -0.734. The number of carbonyl (C=O) groups is 2. The summed E-state index contributed by atoms with van der Waals surface area (Å²) in [6, 6.07) is 6.21. The molecule has 0 radical (unpaired) electrons. The topological polar surface area (TPSA) is 78.6 Å². The highest BCUT2D eigenvalue weighted by molar-refractivity contribution is 5.89. The van der Waals surface area contributed by atoms with Crippen LogP contribution in [0, 0.1) is 0 Å². The van der Waals surface area contributed by atoms with Crippen molar-refractivity contribution < 1.29 is 19.1 Å². The van der Waals surface area contributed by atoms with Crippen molar-refractivity contribution in [2.24, 2.45) is 5.73 Å². The molecule has 106 valence electrons. The minimum Gasteiger partial charge on any atom is -0.466 e. The lowest BCUT2D eigenvalue weighted by atomic mass is 10.0. The molecule has 0 aliphatic rings. The van der Waals surface area contributed by atoms with E-state index < -0.39 is 12.0 Å². The van der Waals surface area contributed by atoms with Gasteiger partial charge in [0.1, 0.15) is 0 Å². The maximum absolute atomic E-state index is 11.3. The van der Waals surface area contributed by atoms with Gasteiger partial charge in [-0.3, -0.25) is 4.79 Å². The molecule has 0 aromatic heterocycles. The zero-order chi connectivity index (χ0) is 13.5. The van der Waals surface area contributed by atoms with E-state index in [4.69, 9.17) is 10.5 Å². The number of halogens is 1. The van der Waals surface area contributed by atoms with Gasteiger partial charge in [-0.05, 0) is 24.6 Å². The molecule has 0 aliphatic carbocycles. The fraction of sp³-hybridized carbons (Fsp3) is 0.385.